The van der Waals surface area contributed by atoms with Crippen molar-refractivity contribution in [1.82, 2.24) is 4.90 Å². The van der Waals surface area contributed by atoms with Crippen molar-refractivity contribution in [2.75, 3.05) is 26.3 Å². The Morgan fingerprint density at radius 3 is 2.06 bits per heavy atom. The minimum absolute atomic E-state index is 0.00131. The molecule has 0 N–H and O–H groups in total. The van der Waals surface area contributed by atoms with Crippen molar-refractivity contribution < 1.29 is 14.0 Å². The molecular weight excluding hydrogens is 450 g/mol. The third-order valence-electron chi connectivity index (χ3n) is 7.84. The van der Waals surface area contributed by atoms with E-state index in [0.29, 0.717) is 12.3 Å². The van der Waals surface area contributed by atoms with E-state index in [1.54, 1.807) is 0 Å². The van der Waals surface area contributed by atoms with Crippen LogP contribution in [0.1, 0.15) is 65.7 Å². The highest BCUT2D eigenvalue weighted by molar-refractivity contribution is 6.99. The molecule has 2 aliphatic rings. The number of ether oxygens (including phenoxy) is 1. The lowest BCUT2D eigenvalue weighted by Crippen LogP contribution is -2.66. The van der Waals surface area contributed by atoms with Gasteiger partial charge in [-0.2, -0.15) is 0 Å². The van der Waals surface area contributed by atoms with Gasteiger partial charge in [0.15, 0.2) is 0 Å². The van der Waals surface area contributed by atoms with Crippen molar-refractivity contribution >= 4 is 24.6 Å². The molecule has 0 spiro atoms. The van der Waals surface area contributed by atoms with Crippen LogP contribution in [-0.4, -0.2) is 51.5 Å². The Morgan fingerprint density at radius 2 is 1.54 bits per heavy atom. The van der Waals surface area contributed by atoms with Gasteiger partial charge in [-0.15, -0.1) is 0 Å². The molecule has 0 saturated carbocycles. The molecule has 2 fully saturated rings. The van der Waals surface area contributed by atoms with E-state index in [0.717, 1.165) is 58.4 Å². The molecule has 5 heteroatoms. The number of nitrogens with zero attached hydrogens (tertiary/aromatic N) is 1. The van der Waals surface area contributed by atoms with Crippen LogP contribution in [0, 0.1) is 5.92 Å². The number of amides is 1. The Bertz CT molecular complexity index is 874. The molecule has 2 heterocycles. The van der Waals surface area contributed by atoms with Gasteiger partial charge < -0.3 is 14.1 Å². The van der Waals surface area contributed by atoms with Crippen molar-refractivity contribution in [3.8, 4) is 0 Å². The van der Waals surface area contributed by atoms with Crippen LogP contribution >= 0.6 is 0 Å². The van der Waals surface area contributed by atoms with Crippen LogP contribution < -0.4 is 10.4 Å². The summed E-state index contributed by atoms with van der Waals surface area (Å²) in [7, 11) is -2.48. The lowest BCUT2D eigenvalue weighted by molar-refractivity contribution is -0.136. The number of piperidine rings is 1. The first-order chi connectivity index (χ1) is 16.9. The van der Waals surface area contributed by atoms with E-state index in [1.807, 2.05) is 4.90 Å². The number of carbonyl (C=O) groups is 1. The number of rotatable bonds is 8. The number of carbonyl (C=O) groups excluding carboxylic acids is 1. The summed E-state index contributed by atoms with van der Waals surface area (Å²) >= 11 is 0. The van der Waals surface area contributed by atoms with Gasteiger partial charge in [0.1, 0.15) is 0 Å². The van der Waals surface area contributed by atoms with Gasteiger partial charge in [0.25, 0.3) is 8.32 Å². The molecule has 190 valence electrons. The fourth-order valence-corrected chi connectivity index (χ4v) is 10.4. The Balaban J connectivity index is 1.36. The zero-order chi connectivity index (χ0) is 24.7. The Kier molecular flexibility index (Phi) is 8.85. The zero-order valence-electron chi connectivity index (χ0n) is 21.9. The largest absolute Gasteiger partial charge is 0.407 e. The average molecular weight is 494 g/mol. The Labute approximate surface area is 213 Å². The zero-order valence-corrected chi connectivity index (χ0v) is 22.9. The molecule has 0 bridgehead atoms. The van der Waals surface area contributed by atoms with E-state index in [4.69, 9.17) is 9.16 Å². The Morgan fingerprint density at radius 1 is 0.943 bits per heavy atom. The Hall–Kier alpha value is -1.95. The van der Waals surface area contributed by atoms with Crippen LogP contribution in [0.15, 0.2) is 60.7 Å². The molecule has 2 aromatic carbocycles. The number of hydrogen-bond donors (Lipinski definition) is 0. The smallest absolute Gasteiger partial charge is 0.261 e. The molecule has 4 rings (SSSR count). The lowest BCUT2D eigenvalue weighted by Gasteiger charge is -2.43. The summed E-state index contributed by atoms with van der Waals surface area (Å²) < 4.78 is 13.2. The fraction of sp³-hybridized carbons (Fsp3) is 0.567. The molecule has 0 radical (unpaired) electrons. The number of benzene rings is 2. The molecule has 0 unspecified atom stereocenters. The summed E-state index contributed by atoms with van der Waals surface area (Å²) in [6.45, 7) is 10.3. The second-order valence-corrected chi connectivity index (χ2v) is 15.7. The molecule has 2 atom stereocenters. The molecular formula is C30H43NO3Si. The molecule has 0 aromatic heterocycles. The van der Waals surface area contributed by atoms with E-state index < -0.39 is 8.32 Å². The van der Waals surface area contributed by atoms with E-state index >= 15 is 0 Å². The van der Waals surface area contributed by atoms with Crippen LogP contribution in [0.3, 0.4) is 0 Å². The lowest BCUT2D eigenvalue weighted by atomic mass is 9.94. The predicted molar refractivity (Wildman–Crippen MR) is 146 cm³/mol. The first-order valence-electron chi connectivity index (χ1n) is 13.5. The van der Waals surface area contributed by atoms with Gasteiger partial charge in [-0.05, 0) is 59.9 Å². The molecule has 2 aromatic rings. The normalized spacial score (nSPS) is 21.6. The van der Waals surface area contributed by atoms with Crippen LogP contribution in [0.5, 0.6) is 0 Å². The highest BCUT2D eigenvalue weighted by Gasteiger charge is 2.50. The van der Waals surface area contributed by atoms with Crippen LogP contribution in [-0.2, 0) is 14.0 Å². The molecule has 4 nitrogen and oxygen atoms in total. The van der Waals surface area contributed by atoms with Crippen molar-refractivity contribution in [2.45, 2.75) is 76.9 Å². The molecule has 2 aliphatic heterocycles. The van der Waals surface area contributed by atoms with Crippen molar-refractivity contribution in [3.63, 3.8) is 0 Å². The van der Waals surface area contributed by atoms with E-state index in [9.17, 15) is 4.79 Å². The van der Waals surface area contributed by atoms with Gasteiger partial charge in [0.2, 0.25) is 5.91 Å². The summed E-state index contributed by atoms with van der Waals surface area (Å²) in [6, 6.07) is 21.7. The summed E-state index contributed by atoms with van der Waals surface area (Å²) in [6.07, 6.45) is 7.25. The average Bonchev–Trinajstić information content (AvgIpc) is 2.88. The van der Waals surface area contributed by atoms with Gasteiger partial charge in [-0.1, -0.05) is 81.4 Å². The number of likely N-dealkylation sites (tertiary alicyclic amines) is 1. The van der Waals surface area contributed by atoms with Gasteiger partial charge >= 0.3 is 0 Å². The molecule has 1 amide bonds. The van der Waals surface area contributed by atoms with Crippen molar-refractivity contribution in [2.24, 2.45) is 5.92 Å². The maximum atomic E-state index is 12.6. The SMILES string of the molecule is CC(C)(C)[Si](OCC[C@@H]1CC[C@H](CC(=O)N2CCCCC2)OC1)(c1ccccc1)c1ccccc1. The van der Waals surface area contributed by atoms with Gasteiger partial charge in [0.05, 0.1) is 12.5 Å². The topological polar surface area (TPSA) is 38.8 Å². The quantitative estimate of drug-likeness (QED) is 0.477. The standard InChI is InChI=1S/C30H43NO3Si/c1-30(2,3)35(27-13-7-4-8-14-27,28-15-9-5-10-16-28)34-22-19-25-17-18-26(33-24-25)23-29(32)31-20-11-6-12-21-31/h4-5,7-10,13-16,25-26H,6,11-12,17-24H2,1-3H3/t25-,26+/m0/s1. The van der Waals surface area contributed by atoms with Gasteiger partial charge in [-0.3, -0.25) is 4.79 Å². The third kappa shape index (κ3) is 6.25. The highest BCUT2D eigenvalue weighted by Crippen LogP contribution is 2.37. The molecule has 2 saturated heterocycles. The second kappa shape index (κ2) is 11.9. The van der Waals surface area contributed by atoms with Gasteiger partial charge in [-0.25, -0.2) is 0 Å². The summed E-state index contributed by atoms with van der Waals surface area (Å²) in [5.41, 5.74) is 0. The fourth-order valence-electron chi connectivity index (χ4n) is 5.86. The van der Waals surface area contributed by atoms with Crippen LogP contribution in [0.2, 0.25) is 5.04 Å². The van der Waals surface area contributed by atoms with Crippen LogP contribution in [0.4, 0.5) is 0 Å². The minimum Gasteiger partial charge on any atom is -0.407 e. The highest BCUT2D eigenvalue weighted by atomic mass is 28.4. The predicted octanol–water partition coefficient (Wildman–Crippen LogP) is 5.15. The van der Waals surface area contributed by atoms with Gasteiger partial charge in [0, 0.05) is 26.3 Å². The summed E-state index contributed by atoms with van der Waals surface area (Å²) in [5.74, 6) is 0.776. The molecule has 0 aliphatic carbocycles. The second-order valence-electron chi connectivity index (χ2n) is 11.3. The van der Waals surface area contributed by atoms with Crippen molar-refractivity contribution in [1.29, 1.82) is 0 Å². The van der Waals surface area contributed by atoms with Crippen LogP contribution in [0.25, 0.3) is 0 Å². The first kappa shape index (κ1) is 26.1. The van der Waals surface area contributed by atoms with E-state index in [-0.39, 0.29) is 17.0 Å². The third-order valence-corrected chi connectivity index (χ3v) is 12.9. The minimum atomic E-state index is -2.48. The first-order valence-corrected chi connectivity index (χ1v) is 15.5. The monoisotopic (exact) mass is 493 g/mol. The maximum Gasteiger partial charge on any atom is 0.261 e. The summed E-state index contributed by atoms with van der Waals surface area (Å²) in [5, 5.41) is 2.66. The number of hydrogen-bond acceptors (Lipinski definition) is 3. The summed E-state index contributed by atoms with van der Waals surface area (Å²) in [4.78, 5) is 14.7. The van der Waals surface area contributed by atoms with E-state index in [1.165, 1.54) is 16.8 Å². The van der Waals surface area contributed by atoms with E-state index in [2.05, 4.69) is 81.4 Å². The molecule has 35 heavy (non-hydrogen) atoms. The maximum absolute atomic E-state index is 12.6. The van der Waals surface area contributed by atoms with Crippen molar-refractivity contribution in [3.05, 3.63) is 60.7 Å².